The first-order valence-corrected chi connectivity index (χ1v) is 8.07. The lowest BCUT2D eigenvalue weighted by Gasteiger charge is -2.19. The molecule has 0 aliphatic heterocycles. The van der Waals surface area contributed by atoms with Gasteiger partial charge in [-0.2, -0.15) is 0 Å². The predicted octanol–water partition coefficient (Wildman–Crippen LogP) is 4.54. The fourth-order valence-corrected chi connectivity index (χ4v) is 2.61. The van der Waals surface area contributed by atoms with Gasteiger partial charge in [0, 0.05) is 18.4 Å². The summed E-state index contributed by atoms with van der Waals surface area (Å²) in [5.41, 5.74) is 2.70. The Morgan fingerprint density at radius 1 is 1.05 bits per heavy atom. The maximum atomic E-state index is 4.17. The van der Waals surface area contributed by atoms with Crippen LogP contribution in [-0.4, -0.2) is 11.5 Å². The second-order valence-electron chi connectivity index (χ2n) is 5.52. The Hall–Kier alpha value is -1.67. The second kappa shape index (κ2) is 9.30. The van der Waals surface area contributed by atoms with E-state index in [9.17, 15) is 0 Å². The lowest BCUT2D eigenvalue weighted by Crippen LogP contribution is -2.23. The average Bonchev–Trinajstić information content (AvgIpc) is 2.55. The van der Waals surface area contributed by atoms with Crippen LogP contribution in [0.5, 0.6) is 0 Å². The van der Waals surface area contributed by atoms with Crippen LogP contribution in [0.4, 0.5) is 0 Å². The van der Waals surface area contributed by atoms with Gasteiger partial charge in [-0.1, -0.05) is 62.6 Å². The van der Waals surface area contributed by atoms with Crippen LogP contribution in [0.25, 0.3) is 0 Å². The minimum Gasteiger partial charge on any atom is -0.310 e. The van der Waals surface area contributed by atoms with Gasteiger partial charge in [0.1, 0.15) is 0 Å². The van der Waals surface area contributed by atoms with Crippen molar-refractivity contribution in [2.24, 2.45) is 0 Å². The highest BCUT2D eigenvalue weighted by molar-refractivity contribution is 5.19. The van der Waals surface area contributed by atoms with Crippen LogP contribution in [0.2, 0.25) is 0 Å². The molecule has 0 spiro atoms. The molecule has 1 heterocycles. The van der Waals surface area contributed by atoms with Crippen molar-refractivity contribution in [3.8, 4) is 0 Å². The Morgan fingerprint density at radius 3 is 2.62 bits per heavy atom. The van der Waals surface area contributed by atoms with Gasteiger partial charge in [0.2, 0.25) is 0 Å². The molecule has 0 aliphatic carbocycles. The summed E-state index contributed by atoms with van der Waals surface area (Å²) in [5.74, 6) is 0. The molecule has 0 saturated carbocycles. The van der Waals surface area contributed by atoms with E-state index in [1.165, 1.54) is 36.8 Å². The summed E-state index contributed by atoms with van der Waals surface area (Å²) in [7, 11) is 0. The van der Waals surface area contributed by atoms with Crippen LogP contribution in [0.15, 0.2) is 54.9 Å². The van der Waals surface area contributed by atoms with Gasteiger partial charge in [0.15, 0.2) is 0 Å². The normalized spacial score (nSPS) is 12.2. The minimum absolute atomic E-state index is 0.467. The van der Waals surface area contributed by atoms with Gasteiger partial charge in [-0.05, 0) is 36.6 Å². The summed E-state index contributed by atoms with van der Waals surface area (Å²) in [6.07, 6.45) is 9.90. The van der Waals surface area contributed by atoms with E-state index in [2.05, 4.69) is 53.6 Å². The van der Waals surface area contributed by atoms with Crippen LogP contribution in [-0.2, 0) is 6.42 Å². The number of aromatic nitrogens is 1. The topological polar surface area (TPSA) is 24.9 Å². The predicted molar refractivity (Wildman–Crippen MR) is 89.3 cm³/mol. The fourth-order valence-electron chi connectivity index (χ4n) is 2.61. The maximum absolute atomic E-state index is 4.17. The summed E-state index contributed by atoms with van der Waals surface area (Å²) in [4.78, 5) is 4.17. The summed E-state index contributed by atoms with van der Waals surface area (Å²) in [6.45, 7) is 3.25. The number of hydrogen-bond acceptors (Lipinski definition) is 2. The molecule has 0 bridgehead atoms. The van der Waals surface area contributed by atoms with E-state index in [1.807, 2.05) is 18.5 Å². The smallest absolute Gasteiger partial charge is 0.0320 e. The third-order valence-electron chi connectivity index (χ3n) is 3.83. The van der Waals surface area contributed by atoms with Crippen molar-refractivity contribution in [3.05, 3.63) is 66.0 Å². The SMILES string of the molecule is CCCCCC(NCCc1cccnc1)c1ccccc1. The van der Waals surface area contributed by atoms with E-state index < -0.39 is 0 Å². The summed E-state index contributed by atoms with van der Waals surface area (Å²) in [6, 6.07) is 15.4. The lowest BCUT2D eigenvalue weighted by molar-refractivity contribution is 0.477. The quantitative estimate of drug-likeness (QED) is 0.683. The molecule has 2 rings (SSSR count). The molecule has 1 unspecified atom stereocenters. The number of benzene rings is 1. The summed E-state index contributed by atoms with van der Waals surface area (Å²) in [5, 5.41) is 3.72. The molecule has 0 fully saturated rings. The van der Waals surface area contributed by atoms with Crippen LogP contribution in [0, 0.1) is 0 Å². The molecule has 0 radical (unpaired) electrons. The minimum atomic E-state index is 0.467. The van der Waals surface area contributed by atoms with Gasteiger partial charge in [0.25, 0.3) is 0 Å². The monoisotopic (exact) mass is 282 g/mol. The van der Waals surface area contributed by atoms with Gasteiger partial charge in [-0.15, -0.1) is 0 Å². The van der Waals surface area contributed by atoms with E-state index in [-0.39, 0.29) is 0 Å². The molecule has 2 aromatic rings. The van der Waals surface area contributed by atoms with Crippen molar-refractivity contribution in [2.45, 2.75) is 45.1 Å². The maximum Gasteiger partial charge on any atom is 0.0320 e. The first-order valence-electron chi connectivity index (χ1n) is 8.07. The van der Waals surface area contributed by atoms with Crippen LogP contribution in [0.1, 0.15) is 49.8 Å². The van der Waals surface area contributed by atoms with Crippen LogP contribution < -0.4 is 5.32 Å². The van der Waals surface area contributed by atoms with Crippen LogP contribution in [0.3, 0.4) is 0 Å². The number of nitrogens with one attached hydrogen (secondary N) is 1. The van der Waals surface area contributed by atoms with Crippen molar-refractivity contribution in [2.75, 3.05) is 6.54 Å². The Bertz CT molecular complexity index is 481. The number of pyridine rings is 1. The first-order chi connectivity index (χ1) is 10.4. The van der Waals surface area contributed by atoms with Crippen LogP contribution >= 0.6 is 0 Å². The van der Waals surface area contributed by atoms with Crippen molar-refractivity contribution >= 4 is 0 Å². The zero-order chi connectivity index (χ0) is 14.8. The fraction of sp³-hybridized carbons (Fsp3) is 0.421. The highest BCUT2D eigenvalue weighted by atomic mass is 14.9. The third-order valence-corrected chi connectivity index (χ3v) is 3.83. The van der Waals surface area contributed by atoms with Gasteiger partial charge in [-0.3, -0.25) is 4.98 Å². The Morgan fingerprint density at radius 2 is 1.90 bits per heavy atom. The number of rotatable bonds is 9. The number of nitrogens with zero attached hydrogens (tertiary/aromatic N) is 1. The molecule has 1 N–H and O–H groups in total. The van der Waals surface area contributed by atoms with Crippen molar-refractivity contribution in [3.63, 3.8) is 0 Å². The molecular weight excluding hydrogens is 256 g/mol. The molecule has 21 heavy (non-hydrogen) atoms. The molecule has 0 aliphatic rings. The zero-order valence-corrected chi connectivity index (χ0v) is 13.0. The van der Waals surface area contributed by atoms with E-state index in [4.69, 9.17) is 0 Å². The number of unbranched alkanes of at least 4 members (excludes halogenated alkanes) is 2. The zero-order valence-electron chi connectivity index (χ0n) is 13.0. The summed E-state index contributed by atoms with van der Waals surface area (Å²) >= 11 is 0. The number of hydrogen-bond donors (Lipinski definition) is 1. The van der Waals surface area contributed by atoms with E-state index in [0.717, 1.165) is 13.0 Å². The molecule has 2 nitrogen and oxygen atoms in total. The van der Waals surface area contributed by atoms with E-state index in [0.29, 0.717) is 6.04 Å². The molecule has 1 aromatic heterocycles. The Kier molecular flexibility index (Phi) is 6.96. The van der Waals surface area contributed by atoms with Crippen molar-refractivity contribution in [1.29, 1.82) is 0 Å². The van der Waals surface area contributed by atoms with Gasteiger partial charge in [0.05, 0.1) is 0 Å². The standard InChI is InChI=1S/C19H26N2/c1-2-3-5-12-19(18-10-6-4-7-11-18)21-15-13-17-9-8-14-20-16-17/h4,6-11,14,16,19,21H,2-3,5,12-13,15H2,1H3. The molecule has 0 saturated heterocycles. The molecule has 1 atom stereocenters. The molecule has 1 aromatic carbocycles. The first kappa shape index (κ1) is 15.7. The molecule has 2 heteroatoms. The highest BCUT2D eigenvalue weighted by Crippen LogP contribution is 2.19. The van der Waals surface area contributed by atoms with Gasteiger partial charge in [-0.25, -0.2) is 0 Å². The molecule has 112 valence electrons. The highest BCUT2D eigenvalue weighted by Gasteiger charge is 2.09. The lowest BCUT2D eigenvalue weighted by atomic mass is 10.00. The Balaban J connectivity index is 1.86. The second-order valence-corrected chi connectivity index (χ2v) is 5.52. The molecule has 0 amide bonds. The Labute approximate surface area is 128 Å². The van der Waals surface area contributed by atoms with E-state index in [1.54, 1.807) is 0 Å². The largest absolute Gasteiger partial charge is 0.310 e. The molecular formula is C19H26N2. The van der Waals surface area contributed by atoms with Crippen molar-refractivity contribution in [1.82, 2.24) is 10.3 Å². The van der Waals surface area contributed by atoms with Crippen molar-refractivity contribution < 1.29 is 0 Å². The van der Waals surface area contributed by atoms with E-state index >= 15 is 0 Å². The summed E-state index contributed by atoms with van der Waals surface area (Å²) < 4.78 is 0. The van der Waals surface area contributed by atoms with Gasteiger partial charge >= 0.3 is 0 Å². The van der Waals surface area contributed by atoms with Gasteiger partial charge < -0.3 is 5.32 Å². The average molecular weight is 282 g/mol. The third kappa shape index (κ3) is 5.68.